The van der Waals surface area contributed by atoms with Crippen LogP contribution in [0, 0.1) is 5.41 Å². The van der Waals surface area contributed by atoms with Crippen molar-refractivity contribution in [2.24, 2.45) is 5.41 Å². The Hall–Kier alpha value is -1.73. The quantitative estimate of drug-likeness (QED) is 0.748. The van der Waals surface area contributed by atoms with Crippen molar-refractivity contribution in [1.29, 1.82) is 0 Å². The van der Waals surface area contributed by atoms with Gasteiger partial charge in [-0.25, -0.2) is 4.98 Å². The minimum atomic E-state index is -0.384. The molecule has 3 heterocycles. The Labute approximate surface area is 126 Å². The van der Waals surface area contributed by atoms with Crippen LogP contribution in [0.2, 0.25) is 5.15 Å². The number of nitrogens with one attached hydrogen (secondary N) is 3. The number of rotatable bonds is 4. The van der Waals surface area contributed by atoms with Crippen LogP contribution in [0.3, 0.4) is 0 Å². The number of carbonyl (C=O) groups excluding carboxylic acids is 1. The van der Waals surface area contributed by atoms with Crippen molar-refractivity contribution in [2.45, 2.75) is 26.2 Å². The zero-order chi connectivity index (χ0) is 14.9. The van der Waals surface area contributed by atoms with Crippen molar-refractivity contribution in [3.63, 3.8) is 0 Å². The number of amides is 1. The molecule has 8 heteroatoms. The second-order valence-corrected chi connectivity index (χ2v) is 5.71. The lowest BCUT2D eigenvalue weighted by atomic mass is 9.81. The first-order valence-corrected chi connectivity index (χ1v) is 7.41. The summed E-state index contributed by atoms with van der Waals surface area (Å²) in [6.45, 7) is 3.62. The lowest BCUT2D eigenvalue weighted by Crippen LogP contribution is -2.38. The highest BCUT2D eigenvalue weighted by Gasteiger charge is 2.40. The SMILES string of the molecule is CCCC1(C(=O)Nc2nc(Cl)c3[nH]cnc3n2)CCNC1. The first-order chi connectivity index (χ1) is 10.1. The van der Waals surface area contributed by atoms with Crippen molar-refractivity contribution >= 4 is 34.6 Å². The third-order valence-corrected chi connectivity index (χ3v) is 4.19. The maximum Gasteiger partial charge on any atom is 0.234 e. The first-order valence-electron chi connectivity index (χ1n) is 7.03. The monoisotopic (exact) mass is 308 g/mol. The van der Waals surface area contributed by atoms with Gasteiger partial charge in [0.15, 0.2) is 10.8 Å². The van der Waals surface area contributed by atoms with Crippen molar-refractivity contribution in [2.75, 3.05) is 18.4 Å². The summed E-state index contributed by atoms with van der Waals surface area (Å²) in [5.74, 6) is 0.146. The average Bonchev–Trinajstić information content (AvgIpc) is 3.08. The Morgan fingerprint density at radius 3 is 3.10 bits per heavy atom. The summed E-state index contributed by atoms with van der Waals surface area (Å²) < 4.78 is 0. The molecule has 1 saturated heterocycles. The average molecular weight is 309 g/mol. The van der Waals surface area contributed by atoms with E-state index >= 15 is 0 Å². The third kappa shape index (κ3) is 2.58. The smallest absolute Gasteiger partial charge is 0.234 e. The Balaban J connectivity index is 1.85. The second kappa shape index (κ2) is 5.57. The van der Waals surface area contributed by atoms with Gasteiger partial charge in [-0.05, 0) is 19.4 Å². The number of carbonyl (C=O) groups is 1. The summed E-state index contributed by atoms with van der Waals surface area (Å²) in [7, 11) is 0. The number of aromatic nitrogens is 4. The largest absolute Gasteiger partial charge is 0.341 e. The number of halogens is 1. The summed E-state index contributed by atoms with van der Waals surface area (Å²) in [5.41, 5.74) is 0.630. The molecule has 2 aromatic rings. The van der Waals surface area contributed by atoms with Crippen LogP contribution in [0.4, 0.5) is 5.95 Å². The third-order valence-electron chi connectivity index (χ3n) is 3.92. The summed E-state index contributed by atoms with van der Waals surface area (Å²) in [6, 6.07) is 0. The van der Waals surface area contributed by atoms with E-state index in [1.54, 1.807) is 0 Å². The van der Waals surface area contributed by atoms with Gasteiger partial charge in [-0.1, -0.05) is 24.9 Å². The number of hydrogen-bond donors (Lipinski definition) is 3. The number of hydrogen-bond acceptors (Lipinski definition) is 5. The zero-order valence-electron chi connectivity index (χ0n) is 11.7. The van der Waals surface area contributed by atoms with E-state index in [2.05, 4.69) is 37.5 Å². The topological polar surface area (TPSA) is 95.6 Å². The second-order valence-electron chi connectivity index (χ2n) is 5.35. The molecule has 0 radical (unpaired) electrons. The molecule has 0 bridgehead atoms. The first kappa shape index (κ1) is 14.2. The van der Waals surface area contributed by atoms with E-state index in [4.69, 9.17) is 11.6 Å². The van der Waals surface area contributed by atoms with Crippen LogP contribution in [0.25, 0.3) is 11.2 Å². The van der Waals surface area contributed by atoms with Gasteiger partial charge in [0.1, 0.15) is 5.52 Å². The lowest BCUT2D eigenvalue weighted by molar-refractivity contribution is -0.125. The number of fused-ring (bicyclic) bond motifs is 1. The summed E-state index contributed by atoms with van der Waals surface area (Å²) in [4.78, 5) is 27.8. The van der Waals surface area contributed by atoms with Crippen molar-refractivity contribution in [3.8, 4) is 0 Å². The fourth-order valence-electron chi connectivity index (χ4n) is 2.83. The summed E-state index contributed by atoms with van der Waals surface area (Å²) in [5, 5.41) is 6.30. The summed E-state index contributed by atoms with van der Waals surface area (Å²) >= 11 is 6.06. The molecule has 1 aliphatic heterocycles. The van der Waals surface area contributed by atoms with E-state index in [-0.39, 0.29) is 22.4 Å². The molecular weight excluding hydrogens is 292 g/mol. The maximum atomic E-state index is 12.6. The van der Waals surface area contributed by atoms with Crippen LogP contribution >= 0.6 is 11.6 Å². The van der Waals surface area contributed by atoms with Gasteiger partial charge in [0.2, 0.25) is 11.9 Å². The fourth-order valence-corrected chi connectivity index (χ4v) is 3.05. The molecule has 1 fully saturated rings. The maximum absolute atomic E-state index is 12.6. The van der Waals surface area contributed by atoms with E-state index in [1.807, 2.05) is 0 Å². The molecule has 1 amide bonds. The number of nitrogens with zero attached hydrogens (tertiary/aromatic N) is 3. The van der Waals surface area contributed by atoms with Crippen LogP contribution in [0.5, 0.6) is 0 Å². The van der Waals surface area contributed by atoms with Crippen LogP contribution in [-0.4, -0.2) is 38.9 Å². The van der Waals surface area contributed by atoms with E-state index in [9.17, 15) is 4.79 Å². The molecular formula is C13H17ClN6O. The van der Waals surface area contributed by atoms with E-state index in [0.29, 0.717) is 17.7 Å². The summed E-state index contributed by atoms with van der Waals surface area (Å²) in [6.07, 6.45) is 4.11. The molecule has 1 atom stereocenters. The van der Waals surface area contributed by atoms with Crippen molar-refractivity contribution < 1.29 is 4.79 Å². The standard InChI is InChI=1S/C13H17ClN6O/c1-2-3-13(4-5-15-6-13)11(21)20-12-18-9(14)8-10(19-12)17-7-16-8/h7,15H,2-6H2,1H3,(H2,16,17,18,19,20,21). The van der Waals surface area contributed by atoms with Crippen LogP contribution < -0.4 is 10.6 Å². The lowest BCUT2D eigenvalue weighted by Gasteiger charge is -2.25. The van der Waals surface area contributed by atoms with Gasteiger partial charge in [0.05, 0.1) is 11.7 Å². The normalized spacial score (nSPS) is 21.8. The van der Waals surface area contributed by atoms with Crippen molar-refractivity contribution in [3.05, 3.63) is 11.5 Å². The molecule has 3 N–H and O–H groups in total. The molecule has 21 heavy (non-hydrogen) atoms. The predicted molar refractivity (Wildman–Crippen MR) is 80.2 cm³/mol. The van der Waals surface area contributed by atoms with Gasteiger partial charge in [-0.15, -0.1) is 0 Å². The number of aromatic amines is 1. The van der Waals surface area contributed by atoms with Crippen LogP contribution in [0.1, 0.15) is 26.2 Å². The molecule has 0 aromatic carbocycles. The van der Waals surface area contributed by atoms with Gasteiger partial charge < -0.3 is 10.3 Å². The molecule has 2 aromatic heterocycles. The van der Waals surface area contributed by atoms with Gasteiger partial charge in [-0.2, -0.15) is 9.97 Å². The Bertz CT molecular complexity index is 664. The van der Waals surface area contributed by atoms with E-state index in [1.165, 1.54) is 6.33 Å². The highest BCUT2D eigenvalue weighted by atomic mass is 35.5. The molecule has 112 valence electrons. The number of anilines is 1. The highest BCUT2D eigenvalue weighted by Crippen LogP contribution is 2.32. The highest BCUT2D eigenvalue weighted by molar-refractivity contribution is 6.33. The minimum Gasteiger partial charge on any atom is -0.341 e. The van der Waals surface area contributed by atoms with Crippen LogP contribution in [-0.2, 0) is 4.79 Å². The van der Waals surface area contributed by atoms with Crippen LogP contribution in [0.15, 0.2) is 6.33 Å². The van der Waals surface area contributed by atoms with E-state index in [0.717, 1.165) is 25.8 Å². The van der Waals surface area contributed by atoms with E-state index < -0.39 is 0 Å². The molecule has 0 saturated carbocycles. The fraction of sp³-hybridized carbons (Fsp3) is 0.538. The predicted octanol–water partition coefficient (Wildman–Crippen LogP) is 1.72. The molecule has 1 unspecified atom stereocenters. The van der Waals surface area contributed by atoms with Crippen molar-refractivity contribution in [1.82, 2.24) is 25.3 Å². The molecule has 0 aliphatic carbocycles. The minimum absolute atomic E-state index is 0.0553. The molecule has 3 rings (SSSR count). The molecule has 0 spiro atoms. The van der Waals surface area contributed by atoms with Gasteiger partial charge >= 0.3 is 0 Å². The molecule has 1 aliphatic rings. The zero-order valence-corrected chi connectivity index (χ0v) is 12.5. The number of imidazole rings is 1. The Morgan fingerprint density at radius 1 is 1.52 bits per heavy atom. The van der Waals surface area contributed by atoms with Gasteiger partial charge in [0, 0.05) is 6.54 Å². The molecule has 7 nitrogen and oxygen atoms in total. The Kier molecular flexibility index (Phi) is 3.77. The van der Waals surface area contributed by atoms with Gasteiger partial charge in [-0.3, -0.25) is 10.1 Å². The Morgan fingerprint density at radius 2 is 2.38 bits per heavy atom. The van der Waals surface area contributed by atoms with Gasteiger partial charge in [0.25, 0.3) is 0 Å². The number of H-pyrrole nitrogens is 1.